The Morgan fingerprint density at radius 1 is 1.13 bits per heavy atom. The number of fused-ring (bicyclic) bond motifs is 1. The number of azo groups is 1. The largest absolute Gasteiger partial charge is 0.359 e. The number of ketones is 1. The van der Waals surface area contributed by atoms with Gasteiger partial charge in [-0.15, -0.1) is 5.11 Å². The van der Waals surface area contributed by atoms with E-state index in [1.165, 1.54) is 19.1 Å². The van der Waals surface area contributed by atoms with Gasteiger partial charge in [0.25, 0.3) is 5.69 Å². The standard InChI is InChI=1S/C16H12N4O3/c1-10(21)11-2-4-12(5-3-11)18-19-16-9-17-15-7-6-13(20(22)23)8-14(15)16/h2-9,17H,1H3. The molecule has 7 heteroatoms. The number of aromatic nitrogens is 1. The van der Waals surface area contributed by atoms with E-state index in [9.17, 15) is 14.9 Å². The van der Waals surface area contributed by atoms with Crippen molar-refractivity contribution >= 4 is 33.7 Å². The van der Waals surface area contributed by atoms with Gasteiger partial charge in [0, 0.05) is 34.8 Å². The van der Waals surface area contributed by atoms with Crippen LogP contribution in [0.4, 0.5) is 17.1 Å². The number of nitro groups is 1. The highest BCUT2D eigenvalue weighted by Crippen LogP contribution is 2.30. The molecule has 2 aromatic carbocycles. The smallest absolute Gasteiger partial charge is 0.270 e. The molecule has 114 valence electrons. The minimum absolute atomic E-state index is 0.000592. The molecule has 0 unspecified atom stereocenters. The summed E-state index contributed by atoms with van der Waals surface area (Å²) in [6.45, 7) is 1.50. The zero-order valence-corrected chi connectivity index (χ0v) is 12.2. The second-order valence-corrected chi connectivity index (χ2v) is 4.96. The van der Waals surface area contributed by atoms with Gasteiger partial charge in [-0.1, -0.05) is 0 Å². The van der Waals surface area contributed by atoms with Gasteiger partial charge < -0.3 is 4.98 Å². The fourth-order valence-corrected chi connectivity index (χ4v) is 2.16. The lowest BCUT2D eigenvalue weighted by atomic mass is 10.1. The van der Waals surface area contributed by atoms with Crippen molar-refractivity contribution in [3.8, 4) is 0 Å². The Hall–Kier alpha value is -3.35. The fraction of sp³-hybridized carbons (Fsp3) is 0.0625. The molecule has 1 heterocycles. The van der Waals surface area contributed by atoms with Crippen molar-refractivity contribution in [1.82, 2.24) is 4.98 Å². The van der Waals surface area contributed by atoms with Crippen LogP contribution in [0.3, 0.4) is 0 Å². The van der Waals surface area contributed by atoms with Gasteiger partial charge in [-0.25, -0.2) is 0 Å². The molecule has 0 fully saturated rings. The molecule has 7 nitrogen and oxygen atoms in total. The van der Waals surface area contributed by atoms with Crippen molar-refractivity contribution in [3.63, 3.8) is 0 Å². The van der Waals surface area contributed by atoms with Gasteiger partial charge >= 0.3 is 0 Å². The Balaban J connectivity index is 1.92. The van der Waals surface area contributed by atoms with Crippen LogP contribution in [0.15, 0.2) is 58.9 Å². The van der Waals surface area contributed by atoms with Gasteiger partial charge in [0.15, 0.2) is 5.78 Å². The average Bonchev–Trinajstić information content (AvgIpc) is 2.95. The summed E-state index contributed by atoms with van der Waals surface area (Å²) in [7, 11) is 0. The van der Waals surface area contributed by atoms with Crippen LogP contribution in [-0.4, -0.2) is 15.7 Å². The second-order valence-electron chi connectivity index (χ2n) is 4.96. The van der Waals surface area contributed by atoms with Gasteiger partial charge in [-0.3, -0.25) is 14.9 Å². The summed E-state index contributed by atoms with van der Waals surface area (Å²) in [5.74, 6) is -0.0163. The number of benzene rings is 2. The average molecular weight is 308 g/mol. The maximum atomic E-state index is 11.2. The number of carbonyl (C=O) groups is 1. The predicted molar refractivity (Wildman–Crippen MR) is 85.6 cm³/mol. The maximum Gasteiger partial charge on any atom is 0.270 e. The third-order valence-corrected chi connectivity index (χ3v) is 3.40. The summed E-state index contributed by atoms with van der Waals surface area (Å²) in [6.07, 6.45) is 1.64. The lowest BCUT2D eigenvalue weighted by Crippen LogP contribution is -1.89. The van der Waals surface area contributed by atoms with Crippen molar-refractivity contribution in [1.29, 1.82) is 0 Å². The number of non-ortho nitro benzene ring substituents is 1. The number of carbonyl (C=O) groups excluding carboxylic acids is 1. The van der Waals surface area contributed by atoms with Crippen LogP contribution in [0, 0.1) is 10.1 Å². The van der Waals surface area contributed by atoms with Crippen LogP contribution in [-0.2, 0) is 0 Å². The minimum atomic E-state index is -0.451. The highest BCUT2D eigenvalue weighted by atomic mass is 16.6. The van der Waals surface area contributed by atoms with Crippen LogP contribution in [0.1, 0.15) is 17.3 Å². The van der Waals surface area contributed by atoms with Gasteiger partial charge in [0.1, 0.15) is 5.69 Å². The van der Waals surface area contributed by atoms with E-state index in [1.807, 2.05) is 0 Å². The van der Waals surface area contributed by atoms with Gasteiger partial charge in [-0.2, -0.15) is 5.11 Å². The Labute approximate surface area is 130 Å². The Kier molecular flexibility index (Phi) is 3.68. The molecule has 0 atom stereocenters. The molecule has 0 bridgehead atoms. The SMILES string of the molecule is CC(=O)c1ccc(N=Nc2c[nH]c3ccc([N+](=O)[O-])cc23)cc1. The fourth-order valence-electron chi connectivity index (χ4n) is 2.16. The van der Waals surface area contributed by atoms with Crippen LogP contribution in [0.5, 0.6) is 0 Å². The van der Waals surface area contributed by atoms with Crippen LogP contribution < -0.4 is 0 Å². The van der Waals surface area contributed by atoms with Gasteiger partial charge in [0.05, 0.1) is 10.6 Å². The van der Waals surface area contributed by atoms with E-state index in [0.717, 1.165) is 5.52 Å². The summed E-state index contributed by atoms with van der Waals surface area (Å²) >= 11 is 0. The maximum absolute atomic E-state index is 11.2. The van der Waals surface area contributed by atoms with E-state index < -0.39 is 4.92 Å². The summed E-state index contributed by atoms with van der Waals surface area (Å²) in [5.41, 5.74) is 2.46. The van der Waals surface area contributed by atoms with E-state index in [4.69, 9.17) is 0 Å². The topological polar surface area (TPSA) is 101 Å². The molecule has 3 rings (SSSR count). The second kappa shape index (κ2) is 5.80. The van der Waals surface area contributed by atoms with E-state index in [2.05, 4.69) is 15.2 Å². The molecule has 23 heavy (non-hydrogen) atoms. The molecule has 0 amide bonds. The number of nitro benzene ring substituents is 1. The quantitative estimate of drug-likeness (QED) is 0.327. The summed E-state index contributed by atoms with van der Waals surface area (Å²) in [4.78, 5) is 24.6. The van der Waals surface area contributed by atoms with E-state index in [1.54, 1.807) is 36.5 Å². The first-order valence-corrected chi connectivity index (χ1v) is 6.83. The number of hydrogen-bond donors (Lipinski definition) is 1. The molecular formula is C16H12N4O3. The highest BCUT2D eigenvalue weighted by molar-refractivity contribution is 5.94. The first-order chi connectivity index (χ1) is 11.0. The van der Waals surface area contributed by atoms with Crippen molar-refractivity contribution in [2.45, 2.75) is 6.92 Å². The molecule has 0 aliphatic heterocycles. The normalized spacial score (nSPS) is 11.2. The zero-order chi connectivity index (χ0) is 16.4. The first kappa shape index (κ1) is 14.6. The van der Waals surface area contributed by atoms with Crippen molar-refractivity contribution < 1.29 is 9.72 Å². The summed E-state index contributed by atoms with van der Waals surface area (Å²) in [6, 6.07) is 11.3. The number of rotatable bonds is 4. The summed E-state index contributed by atoms with van der Waals surface area (Å²) in [5, 5.41) is 19.7. The first-order valence-electron chi connectivity index (χ1n) is 6.83. The number of nitrogens with one attached hydrogen (secondary N) is 1. The lowest BCUT2D eigenvalue weighted by molar-refractivity contribution is -0.384. The van der Waals surface area contributed by atoms with Crippen molar-refractivity contribution in [3.05, 3.63) is 64.3 Å². The third-order valence-electron chi connectivity index (χ3n) is 3.40. The molecule has 1 N–H and O–H groups in total. The third kappa shape index (κ3) is 2.98. The molecule has 1 aromatic heterocycles. The molecule has 0 aliphatic carbocycles. The zero-order valence-electron chi connectivity index (χ0n) is 12.2. The highest BCUT2D eigenvalue weighted by Gasteiger charge is 2.10. The minimum Gasteiger partial charge on any atom is -0.359 e. The molecule has 0 spiro atoms. The number of nitrogens with zero attached hydrogens (tertiary/aromatic N) is 3. The molecule has 0 radical (unpaired) electrons. The predicted octanol–water partition coefficient (Wildman–Crippen LogP) is 4.69. The van der Waals surface area contributed by atoms with Gasteiger partial charge in [-0.05, 0) is 37.3 Å². The Morgan fingerprint density at radius 3 is 2.52 bits per heavy atom. The number of Topliss-reactive ketones (excluding diaryl/α,β-unsaturated/α-hetero) is 1. The van der Waals surface area contributed by atoms with Crippen LogP contribution in [0.25, 0.3) is 10.9 Å². The van der Waals surface area contributed by atoms with E-state index in [-0.39, 0.29) is 11.5 Å². The Morgan fingerprint density at radius 2 is 1.87 bits per heavy atom. The van der Waals surface area contributed by atoms with Crippen LogP contribution >= 0.6 is 0 Å². The number of hydrogen-bond acceptors (Lipinski definition) is 5. The van der Waals surface area contributed by atoms with Gasteiger partial charge in [0.2, 0.25) is 0 Å². The number of aromatic amines is 1. The Bertz CT molecular complexity index is 926. The molecule has 0 aliphatic rings. The van der Waals surface area contributed by atoms with Crippen molar-refractivity contribution in [2.75, 3.05) is 0 Å². The molecule has 0 saturated carbocycles. The van der Waals surface area contributed by atoms with Crippen molar-refractivity contribution in [2.24, 2.45) is 10.2 Å². The molecule has 0 saturated heterocycles. The van der Waals surface area contributed by atoms with E-state index in [0.29, 0.717) is 22.3 Å². The summed E-state index contributed by atoms with van der Waals surface area (Å²) < 4.78 is 0. The molecule has 3 aromatic rings. The molecular weight excluding hydrogens is 296 g/mol. The van der Waals surface area contributed by atoms with Crippen LogP contribution in [0.2, 0.25) is 0 Å². The number of H-pyrrole nitrogens is 1. The van der Waals surface area contributed by atoms with E-state index >= 15 is 0 Å². The lowest BCUT2D eigenvalue weighted by Gasteiger charge is -1.96. The monoisotopic (exact) mass is 308 g/mol.